The molecule has 0 saturated heterocycles. The Balaban J connectivity index is 0.00000676. The van der Waals surface area contributed by atoms with E-state index in [4.69, 9.17) is 0 Å². The van der Waals surface area contributed by atoms with Crippen LogP contribution in [0.4, 0.5) is 26.3 Å². The van der Waals surface area contributed by atoms with Crippen molar-refractivity contribution >= 4 is 35.8 Å². The van der Waals surface area contributed by atoms with Crippen LogP contribution in [0.2, 0.25) is 0 Å². The lowest BCUT2D eigenvalue weighted by Crippen LogP contribution is -2.47. The van der Waals surface area contributed by atoms with Gasteiger partial charge in [-0.15, -0.1) is 24.0 Å². The lowest BCUT2D eigenvalue weighted by atomic mass is 9.85. The van der Waals surface area contributed by atoms with Crippen molar-refractivity contribution in [1.29, 1.82) is 0 Å². The van der Waals surface area contributed by atoms with Crippen LogP contribution < -0.4 is 10.6 Å². The van der Waals surface area contributed by atoms with Crippen LogP contribution in [-0.2, 0) is 4.79 Å². The fourth-order valence-corrected chi connectivity index (χ4v) is 2.76. The largest absolute Gasteiger partial charge is 0.406 e. The predicted molar refractivity (Wildman–Crippen MR) is 100 cm³/mol. The fourth-order valence-electron chi connectivity index (χ4n) is 2.76. The highest BCUT2D eigenvalue weighted by molar-refractivity contribution is 14.0. The zero-order chi connectivity index (χ0) is 20.0. The number of halogens is 7. The minimum absolute atomic E-state index is 0. The van der Waals surface area contributed by atoms with Gasteiger partial charge in [-0.3, -0.25) is 4.79 Å². The molecule has 0 heterocycles. The molecule has 1 aliphatic carbocycles. The molecule has 1 rings (SSSR count). The first-order valence-corrected chi connectivity index (χ1v) is 8.34. The molecule has 0 aromatic carbocycles. The molecule has 160 valence electrons. The Labute approximate surface area is 171 Å². The zero-order valence-electron chi connectivity index (χ0n) is 15.1. The standard InChI is InChI=1S/C15H24F6N4O.HI/c1-3-22-13(23-8-12(26)25(2)9-14(16,17)18)24-11-6-4-5-10(7-11)15(19,20)21;/h10-11H,3-9H2,1-2H3,(H2,22,23,24);1H. The minimum Gasteiger partial charge on any atom is -0.357 e. The second-order valence-electron chi connectivity index (χ2n) is 6.31. The number of nitrogens with zero attached hydrogens (tertiary/aromatic N) is 2. The van der Waals surface area contributed by atoms with Crippen molar-refractivity contribution in [2.75, 3.05) is 26.7 Å². The maximum atomic E-state index is 12.9. The molecule has 1 amide bonds. The van der Waals surface area contributed by atoms with Crippen molar-refractivity contribution in [3.05, 3.63) is 0 Å². The van der Waals surface area contributed by atoms with E-state index in [-0.39, 0.29) is 42.8 Å². The van der Waals surface area contributed by atoms with Crippen molar-refractivity contribution in [2.24, 2.45) is 10.9 Å². The molecule has 0 spiro atoms. The van der Waals surface area contributed by atoms with Gasteiger partial charge in [-0.1, -0.05) is 6.42 Å². The Kier molecular flexibility index (Phi) is 10.8. The Morgan fingerprint density at radius 2 is 1.81 bits per heavy atom. The maximum absolute atomic E-state index is 12.9. The molecule has 2 atom stereocenters. The Hall–Kier alpha value is -0.950. The molecule has 1 aliphatic rings. The molecule has 2 N–H and O–H groups in total. The zero-order valence-corrected chi connectivity index (χ0v) is 17.4. The van der Waals surface area contributed by atoms with E-state index in [2.05, 4.69) is 15.6 Å². The summed E-state index contributed by atoms with van der Waals surface area (Å²) < 4.78 is 75.4. The monoisotopic (exact) mass is 518 g/mol. The number of likely N-dealkylation sites (N-methyl/N-ethyl adjacent to an activating group) is 1. The van der Waals surface area contributed by atoms with E-state index in [0.29, 0.717) is 24.3 Å². The number of amides is 1. The lowest BCUT2D eigenvalue weighted by Gasteiger charge is -2.32. The molecule has 0 aromatic rings. The highest BCUT2D eigenvalue weighted by atomic mass is 127. The molecular weight excluding hydrogens is 493 g/mol. The number of rotatable bonds is 5. The first-order chi connectivity index (χ1) is 11.9. The summed E-state index contributed by atoms with van der Waals surface area (Å²) in [6.45, 7) is 0.209. The fraction of sp³-hybridized carbons (Fsp3) is 0.867. The van der Waals surface area contributed by atoms with Crippen molar-refractivity contribution in [1.82, 2.24) is 15.5 Å². The van der Waals surface area contributed by atoms with E-state index in [0.717, 1.165) is 7.05 Å². The van der Waals surface area contributed by atoms with Gasteiger partial charge in [0.1, 0.15) is 13.1 Å². The molecule has 0 bridgehead atoms. The molecule has 5 nitrogen and oxygen atoms in total. The number of carbonyl (C=O) groups is 1. The number of nitrogens with one attached hydrogen (secondary N) is 2. The Morgan fingerprint density at radius 3 is 2.33 bits per heavy atom. The summed E-state index contributed by atoms with van der Waals surface area (Å²) in [6.07, 6.45) is -7.85. The topological polar surface area (TPSA) is 56.7 Å². The molecule has 27 heavy (non-hydrogen) atoms. The van der Waals surface area contributed by atoms with Gasteiger partial charge in [0.2, 0.25) is 5.91 Å². The minimum atomic E-state index is -4.51. The number of alkyl halides is 6. The smallest absolute Gasteiger partial charge is 0.357 e. The normalized spacial score (nSPS) is 21.3. The number of aliphatic imine (C=N–C) groups is 1. The van der Waals surface area contributed by atoms with E-state index in [1.807, 2.05) is 0 Å². The summed E-state index contributed by atoms with van der Waals surface area (Å²) in [7, 11) is 1.01. The van der Waals surface area contributed by atoms with E-state index in [1.165, 1.54) is 0 Å². The summed E-state index contributed by atoms with van der Waals surface area (Å²) in [5.41, 5.74) is 0. The second-order valence-corrected chi connectivity index (χ2v) is 6.31. The van der Waals surface area contributed by atoms with Gasteiger partial charge >= 0.3 is 12.4 Å². The van der Waals surface area contributed by atoms with E-state index in [9.17, 15) is 31.1 Å². The van der Waals surface area contributed by atoms with Gasteiger partial charge in [0.25, 0.3) is 0 Å². The molecule has 2 unspecified atom stereocenters. The van der Waals surface area contributed by atoms with Crippen LogP contribution in [0.3, 0.4) is 0 Å². The summed E-state index contributed by atoms with van der Waals surface area (Å²) in [5.74, 6) is -2.11. The van der Waals surface area contributed by atoms with Gasteiger partial charge < -0.3 is 15.5 Å². The van der Waals surface area contributed by atoms with Gasteiger partial charge in [0.15, 0.2) is 5.96 Å². The van der Waals surface area contributed by atoms with E-state index >= 15 is 0 Å². The van der Waals surface area contributed by atoms with Crippen LogP contribution in [-0.4, -0.2) is 61.8 Å². The number of hydrogen-bond acceptors (Lipinski definition) is 2. The third kappa shape index (κ3) is 10.2. The van der Waals surface area contributed by atoms with Crippen LogP contribution in [0, 0.1) is 5.92 Å². The average molecular weight is 518 g/mol. The van der Waals surface area contributed by atoms with E-state index in [1.54, 1.807) is 6.92 Å². The molecule has 1 fully saturated rings. The van der Waals surface area contributed by atoms with Crippen LogP contribution >= 0.6 is 24.0 Å². The van der Waals surface area contributed by atoms with Gasteiger partial charge in [0, 0.05) is 19.6 Å². The van der Waals surface area contributed by atoms with Gasteiger partial charge in [-0.2, -0.15) is 26.3 Å². The highest BCUT2D eigenvalue weighted by Gasteiger charge is 2.42. The van der Waals surface area contributed by atoms with Crippen molar-refractivity contribution in [3.63, 3.8) is 0 Å². The summed E-state index contributed by atoms with van der Waals surface area (Å²) in [5, 5.41) is 5.64. The average Bonchev–Trinajstić information content (AvgIpc) is 2.50. The van der Waals surface area contributed by atoms with Crippen LogP contribution in [0.15, 0.2) is 4.99 Å². The predicted octanol–water partition coefficient (Wildman–Crippen LogP) is 3.30. The van der Waals surface area contributed by atoms with Crippen molar-refractivity contribution in [3.8, 4) is 0 Å². The van der Waals surface area contributed by atoms with Gasteiger partial charge in [0.05, 0.1) is 5.92 Å². The van der Waals surface area contributed by atoms with Crippen molar-refractivity contribution in [2.45, 2.75) is 51.0 Å². The van der Waals surface area contributed by atoms with E-state index < -0.39 is 43.3 Å². The molecule has 1 saturated carbocycles. The molecule has 0 aromatic heterocycles. The van der Waals surface area contributed by atoms with Crippen LogP contribution in [0.25, 0.3) is 0 Å². The first-order valence-electron chi connectivity index (χ1n) is 8.34. The van der Waals surface area contributed by atoms with Crippen LogP contribution in [0.5, 0.6) is 0 Å². The second kappa shape index (κ2) is 11.1. The number of carbonyl (C=O) groups excluding carboxylic acids is 1. The number of hydrogen-bond donors (Lipinski definition) is 2. The first kappa shape index (κ1) is 26.1. The molecule has 0 aliphatic heterocycles. The summed E-state index contributed by atoms with van der Waals surface area (Å²) in [4.78, 5) is 16.1. The van der Waals surface area contributed by atoms with Gasteiger partial charge in [-0.05, 0) is 26.2 Å². The Morgan fingerprint density at radius 1 is 1.19 bits per heavy atom. The summed E-state index contributed by atoms with van der Waals surface area (Å²) >= 11 is 0. The number of guanidine groups is 1. The Bertz CT molecular complexity index is 498. The highest BCUT2D eigenvalue weighted by Crippen LogP contribution is 2.37. The molecule has 12 heteroatoms. The molecular formula is C15H25F6IN4O. The third-order valence-electron chi connectivity index (χ3n) is 4.04. The van der Waals surface area contributed by atoms with Crippen LogP contribution in [0.1, 0.15) is 32.6 Å². The van der Waals surface area contributed by atoms with Gasteiger partial charge in [-0.25, -0.2) is 4.99 Å². The van der Waals surface area contributed by atoms with Crippen molar-refractivity contribution < 1.29 is 31.1 Å². The maximum Gasteiger partial charge on any atom is 0.406 e. The quantitative estimate of drug-likeness (QED) is 0.254. The SMILES string of the molecule is CCNC(=NCC(=O)N(C)CC(F)(F)F)NC1CCCC(C(F)(F)F)C1.I. The third-order valence-corrected chi connectivity index (χ3v) is 4.04. The lowest BCUT2D eigenvalue weighted by molar-refractivity contribution is -0.183. The summed E-state index contributed by atoms with van der Waals surface area (Å²) in [6, 6.07) is -0.462. The molecule has 0 radical (unpaired) electrons.